The zero-order valence-electron chi connectivity index (χ0n) is 11.2. The largest absolute Gasteiger partial charge is 0.383 e. The molecule has 102 valence electrons. The van der Waals surface area contributed by atoms with Gasteiger partial charge in [-0.15, -0.1) is 0 Å². The Kier molecular flexibility index (Phi) is 4.92. The number of methoxy groups -OCH3 is 1. The lowest BCUT2D eigenvalue weighted by atomic mass is 9.75. The summed E-state index contributed by atoms with van der Waals surface area (Å²) in [4.78, 5) is 0. The molecule has 1 rings (SSSR count). The molecule has 0 aromatic carbocycles. The molecule has 0 unspecified atom stereocenters. The van der Waals surface area contributed by atoms with Gasteiger partial charge < -0.3 is 25.0 Å². The summed E-state index contributed by atoms with van der Waals surface area (Å²) in [6, 6.07) is 0. The second-order valence-electron chi connectivity index (χ2n) is 4.97. The van der Waals surface area contributed by atoms with E-state index >= 15 is 0 Å². The van der Waals surface area contributed by atoms with Crippen molar-refractivity contribution in [2.75, 3.05) is 20.2 Å². The third-order valence-corrected chi connectivity index (χ3v) is 3.79. The molecule has 0 aromatic heterocycles. The van der Waals surface area contributed by atoms with Gasteiger partial charge in [0.15, 0.2) is 6.29 Å². The lowest BCUT2D eigenvalue weighted by Crippen LogP contribution is -2.69. The van der Waals surface area contributed by atoms with E-state index in [1.807, 2.05) is 6.92 Å². The SMILES string of the molecule is CCCNC[C@]1(O)[C@H](C)O[C@@H](O)C[C@@]1(C)OC. The average Bonchev–Trinajstić information content (AvgIpc) is 2.26. The quantitative estimate of drug-likeness (QED) is 0.608. The molecule has 0 spiro atoms. The van der Waals surface area contributed by atoms with Crippen LogP contribution in [-0.2, 0) is 9.47 Å². The van der Waals surface area contributed by atoms with Gasteiger partial charge in [0, 0.05) is 20.1 Å². The first-order valence-corrected chi connectivity index (χ1v) is 6.21. The first kappa shape index (κ1) is 14.9. The van der Waals surface area contributed by atoms with Crippen LogP contribution >= 0.6 is 0 Å². The summed E-state index contributed by atoms with van der Waals surface area (Å²) in [5.74, 6) is 0. The maximum Gasteiger partial charge on any atom is 0.157 e. The number of aliphatic hydroxyl groups excluding tert-OH is 1. The van der Waals surface area contributed by atoms with Crippen LogP contribution < -0.4 is 5.32 Å². The van der Waals surface area contributed by atoms with Crippen LogP contribution in [0, 0.1) is 0 Å². The van der Waals surface area contributed by atoms with Gasteiger partial charge in [-0.1, -0.05) is 6.92 Å². The molecule has 1 heterocycles. The standard InChI is InChI=1S/C12H25NO4/c1-5-6-13-8-12(15)9(2)17-10(14)7-11(12,3)16-4/h9-10,13-15H,5-8H2,1-4H3/t9-,10+,11+,12-/m0/s1. The van der Waals surface area contributed by atoms with Crippen LogP contribution in [0.1, 0.15) is 33.6 Å². The minimum absolute atomic E-state index is 0.262. The van der Waals surface area contributed by atoms with Crippen LogP contribution in [0.2, 0.25) is 0 Å². The molecule has 1 fully saturated rings. The van der Waals surface area contributed by atoms with Gasteiger partial charge in [-0.05, 0) is 26.8 Å². The van der Waals surface area contributed by atoms with Crippen molar-refractivity contribution < 1.29 is 19.7 Å². The van der Waals surface area contributed by atoms with Gasteiger partial charge >= 0.3 is 0 Å². The first-order valence-electron chi connectivity index (χ1n) is 6.21. The second-order valence-corrected chi connectivity index (χ2v) is 4.97. The van der Waals surface area contributed by atoms with E-state index in [2.05, 4.69) is 12.2 Å². The van der Waals surface area contributed by atoms with Crippen molar-refractivity contribution in [2.24, 2.45) is 0 Å². The Morgan fingerprint density at radius 3 is 2.71 bits per heavy atom. The Bertz CT molecular complexity index is 251. The van der Waals surface area contributed by atoms with E-state index in [1.54, 1.807) is 14.0 Å². The highest BCUT2D eigenvalue weighted by Gasteiger charge is 2.56. The summed E-state index contributed by atoms with van der Waals surface area (Å²) >= 11 is 0. The molecule has 4 atom stereocenters. The Hall–Kier alpha value is -0.200. The minimum Gasteiger partial charge on any atom is -0.383 e. The van der Waals surface area contributed by atoms with Crippen LogP contribution in [0.4, 0.5) is 0 Å². The number of ether oxygens (including phenoxy) is 2. The summed E-state index contributed by atoms with van der Waals surface area (Å²) in [5, 5.41) is 23.6. The van der Waals surface area contributed by atoms with Gasteiger partial charge in [-0.2, -0.15) is 0 Å². The monoisotopic (exact) mass is 247 g/mol. The second kappa shape index (κ2) is 5.63. The fraction of sp³-hybridized carbons (Fsp3) is 1.00. The first-order chi connectivity index (χ1) is 7.89. The lowest BCUT2D eigenvalue weighted by molar-refractivity contribution is -0.305. The number of rotatable bonds is 5. The Labute approximate surface area is 103 Å². The smallest absolute Gasteiger partial charge is 0.157 e. The van der Waals surface area contributed by atoms with Crippen molar-refractivity contribution in [3.63, 3.8) is 0 Å². The number of nitrogens with one attached hydrogen (secondary N) is 1. The molecule has 0 saturated carbocycles. The minimum atomic E-state index is -1.14. The van der Waals surface area contributed by atoms with Gasteiger partial charge in [-0.25, -0.2) is 0 Å². The molecule has 5 nitrogen and oxygen atoms in total. The van der Waals surface area contributed by atoms with Crippen molar-refractivity contribution in [2.45, 2.75) is 57.2 Å². The molecule has 5 heteroatoms. The highest BCUT2D eigenvalue weighted by molar-refractivity contribution is 5.06. The fourth-order valence-corrected chi connectivity index (χ4v) is 2.38. The zero-order chi connectivity index (χ0) is 13.1. The molecule has 3 N–H and O–H groups in total. The fourth-order valence-electron chi connectivity index (χ4n) is 2.38. The summed E-state index contributed by atoms with van der Waals surface area (Å²) in [6.45, 7) is 6.85. The predicted octanol–water partition coefficient (Wildman–Crippen LogP) is 0.249. The average molecular weight is 247 g/mol. The van der Waals surface area contributed by atoms with Gasteiger partial charge in [0.1, 0.15) is 11.2 Å². The Morgan fingerprint density at radius 1 is 1.53 bits per heavy atom. The summed E-state index contributed by atoms with van der Waals surface area (Å²) < 4.78 is 10.8. The molecule has 1 aliphatic rings. The summed E-state index contributed by atoms with van der Waals surface area (Å²) in [5.41, 5.74) is -1.96. The van der Waals surface area contributed by atoms with Crippen LogP contribution in [-0.4, -0.2) is 54.0 Å². The number of aliphatic hydroxyl groups is 2. The molecule has 0 amide bonds. The molecule has 0 aromatic rings. The zero-order valence-corrected chi connectivity index (χ0v) is 11.2. The van der Waals surface area contributed by atoms with Crippen LogP contribution in [0.25, 0.3) is 0 Å². The van der Waals surface area contributed by atoms with E-state index in [-0.39, 0.29) is 6.42 Å². The molecule has 0 aliphatic carbocycles. The van der Waals surface area contributed by atoms with Crippen molar-refractivity contribution >= 4 is 0 Å². The van der Waals surface area contributed by atoms with Gasteiger partial charge in [-0.3, -0.25) is 0 Å². The third-order valence-electron chi connectivity index (χ3n) is 3.79. The maximum atomic E-state index is 10.8. The lowest BCUT2D eigenvalue weighted by Gasteiger charge is -2.52. The summed E-state index contributed by atoms with van der Waals surface area (Å²) in [7, 11) is 1.55. The highest BCUT2D eigenvalue weighted by Crippen LogP contribution is 2.39. The van der Waals surface area contributed by atoms with Crippen LogP contribution in [0.5, 0.6) is 0 Å². The Morgan fingerprint density at radius 2 is 2.18 bits per heavy atom. The number of hydrogen-bond acceptors (Lipinski definition) is 5. The highest BCUT2D eigenvalue weighted by atomic mass is 16.6. The molecule has 17 heavy (non-hydrogen) atoms. The van der Waals surface area contributed by atoms with Crippen LogP contribution in [0.15, 0.2) is 0 Å². The van der Waals surface area contributed by atoms with Crippen molar-refractivity contribution in [1.29, 1.82) is 0 Å². The maximum absolute atomic E-state index is 10.8. The van der Waals surface area contributed by atoms with E-state index in [9.17, 15) is 10.2 Å². The topological polar surface area (TPSA) is 71.0 Å². The molecule has 0 radical (unpaired) electrons. The van der Waals surface area contributed by atoms with E-state index in [0.717, 1.165) is 13.0 Å². The number of hydrogen-bond donors (Lipinski definition) is 3. The molecule has 1 aliphatic heterocycles. The van der Waals surface area contributed by atoms with E-state index in [0.29, 0.717) is 6.54 Å². The molecular weight excluding hydrogens is 222 g/mol. The van der Waals surface area contributed by atoms with E-state index in [4.69, 9.17) is 9.47 Å². The van der Waals surface area contributed by atoms with Crippen molar-refractivity contribution in [3.8, 4) is 0 Å². The third kappa shape index (κ3) is 2.80. The molecule has 0 bridgehead atoms. The molecule has 1 saturated heterocycles. The van der Waals surface area contributed by atoms with Gasteiger partial charge in [0.05, 0.1) is 6.10 Å². The predicted molar refractivity (Wildman–Crippen MR) is 64.7 cm³/mol. The normalized spacial score (nSPS) is 42.7. The van der Waals surface area contributed by atoms with E-state index < -0.39 is 23.6 Å². The van der Waals surface area contributed by atoms with Crippen molar-refractivity contribution in [1.82, 2.24) is 5.32 Å². The van der Waals surface area contributed by atoms with E-state index in [1.165, 1.54) is 0 Å². The van der Waals surface area contributed by atoms with Gasteiger partial charge in [0.25, 0.3) is 0 Å². The van der Waals surface area contributed by atoms with Gasteiger partial charge in [0.2, 0.25) is 0 Å². The summed E-state index contributed by atoms with van der Waals surface area (Å²) in [6.07, 6.45) is -0.113. The van der Waals surface area contributed by atoms with Crippen LogP contribution in [0.3, 0.4) is 0 Å². The van der Waals surface area contributed by atoms with Crippen molar-refractivity contribution in [3.05, 3.63) is 0 Å². The Balaban J connectivity index is 2.82. The molecular formula is C12H25NO4.